The average Bonchev–Trinajstić information content (AvgIpc) is 2.14. The van der Waals surface area contributed by atoms with E-state index in [1.54, 1.807) is 7.11 Å². The van der Waals surface area contributed by atoms with E-state index in [1.165, 1.54) is 10.6 Å². The summed E-state index contributed by atoms with van der Waals surface area (Å²) < 4.78 is 30.1. The van der Waals surface area contributed by atoms with Crippen LogP contribution in [0.1, 0.15) is 33.6 Å². The third kappa shape index (κ3) is 2.57. The highest BCUT2D eigenvalue weighted by Gasteiger charge is 2.45. The van der Waals surface area contributed by atoms with Gasteiger partial charge in [0, 0.05) is 20.2 Å². The first kappa shape index (κ1) is 13.9. The van der Waals surface area contributed by atoms with Crippen molar-refractivity contribution >= 4 is 10.0 Å². The lowest BCUT2D eigenvalue weighted by molar-refractivity contribution is -0.119. The van der Waals surface area contributed by atoms with Gasteiger partial charge in [0.1, 0.15) is 0 Å². The largest absolute Gasteiger partial charge is 0.378 e. The number of methoxy groups -OCH3 is 1. The highest BCUT2D eigenvalue weighted by molar-refractivity contribution is 7.88. The van der Waals surface area contributed by atoms with E-state index < -0.39 is 10.0 Å². The Bertz CT molecular complexity index is 335. The molecule has 1 rings (SSSR count). The summed E-state index contributed by atoms with van der Waals surface area (Å²) in [4.78, 5) is 0. The Morgan fingerprint density at radius 3 is 1.88 bits per heavy atom. The van der Waals surface area contributed by atoms with Crippen LogP contribution < -0.4 is 0 Å². The maximum Gasteiger partial charge on any atom is 0.211 e. The summed E-state index contributed by atoms with van der Waals surface area (Å²) in [5.74, 6) is 0. The van der Waals surface area contributed by atoms with Gasteiger partial charge < -0.3 is 4.74 Å². The first-order chi connectivity index (χ1) is 7.12. The Morgan fingerprint density at radius 2 is 1.62 bits per heavy atom. The number of nitrogens with zero attached hydrogens (tertiary/aromatic N) is 1. The number of hydrogen-bond acceptors (Lipinski definition) is 3. The third-order valence-corrected chi connectivity index (χ3v) is 5.06. The van der Waals surface area contributed by atoms with E-state index in [4.69, 9.17) is 4.74 Å². The maximum atomic E-state index is 11.4. The molecule has 0 amide bonds. The summed E-state index contributed by atoms with van der Waals surface area (Å²) in [6, 6.07) is 0. The van der Waals surface area contributed by atoms with E-state index in [2.05, 4.69) is 20.8 Å². The van der Waals surface area contributed by atoms with Gasteiger partial charge in [0.15, 0.2) is 0 Å². The molecule has 4 nitrogen and oxygen atoms in total. The van der Waals surface area contributed by atoms with Gasteiger partial charge in [-0.2, -0.15) is 0 Å². The van der Waals surface area contributed by atoms with Crippen LogP contribution in [0.5, 0.6) is 0 Å². The van der Waals surface area contributed by atoms with Crippen molar-refractivity contribution in [3.8, 4) is 0 Å². The van der Waals surface area contributed by atoms with E-state index in [0.717, 1.165) is 12.8 Å². The Kier molecular flexibility index (Phi) is 3.72. The molecule has 1 heterocycles. The van der Waals surface area contributed by atoms with Crippen molar-refractivity contribution in [1.29, 1.82) is 0 Å². The molecule has 0 aromatic heterocycles. The molecule has 96 valence electrons. The average molecular weight is 249 g/mol. The molecular formula is C11H23NO3S. The summed E-state index contributed by atoms with van der Waals surface area (Å²) in [6.07, 6.45) is 2.80. The Labute approximate surface area is 99.0 Å². The van der Waals surface area contributed by atoms with Crippen LogP contribution in [0.4, 0.5) is 0 Å². The van der Waals surface area contributed by atoms with Crippen molar-refractivity contribution in [2.24, 2.45) is 5.41 Å². The molecule has 1 fully saturated rings. The smallest absolute Gasteiger partial charge is 0.211 e. The zero-order valence-corrected chi connectivity index (χ0v) is 11.7. The molecule has 0 saturated carbocycles. The second-order valence-corrected chi connectivity index (χ2v) is 7.59. The van der Waals surface area contributed by atoms with Crippen LogP contribution in [-0.2, 0) is 14.8 Å². The molecule has 0 aromatic carbocycles. The van der Waals surface area contributed by atoms with Crippen molar-refractivity contribution in [2.75, 3.05) is 26.5 Å². The van der Waals surface area contributed by atoms with E-state index in [-0.39, 0.29) is 11.0 Å². The SMILES string of the molecule is COC1(C(C)(C)C)CCN(S(C)(=O)=O)CC1. The van der Waals surface area contributed by atoms with Crippen LogP contribution in [0.3, 0.4) is 0 Å². The second-order valence-electron chi connectivity index (χ2n) is 5.61. The molecule has 0 unspecified atom stereocenters. The maximum absolute atomic E-state index is 11.4. The normalized spacial score (nSPS) is 23.3. The molecule has 1 saturated heterocycles. The Balaban J connectivity index is 2.80. The molecule has 0 N–H and O–H groups in total. The summed E-state index contributed by atoms with van der Waals surface area (Å²) >= 11 is 0. The van der Waals surface area contributed by atoms with Crippen molar-refractivity contribution in [3.05, 3.63) is 0 Å². The minimum Gasteiger partial charge on any atom is -0.378 e. The highest BCUT2D eigenvalue weighted by Crippen LogP contribution is 2.41. The molecule has 0 atom stereocenters. The number of ether oxygens (including phenoxy) is 1. The van der Waals surface area contributed by atoms with Crippen molar-refractivity contribution < 1.29 is 13.2 Å². The van der Waals surface area contributed by atoms with Crippen molar-refractivity contribution in [2.45, 2.75) is 39.2 Å². The van der Waals surface area contributed by atoms with Gasteiger partial charge in [-0.05, 0) is 18.3 Å². The van der Waals surface area contributed by atoms with Gasteiger partial charge in [-0.25, -0.2) is 12.7 Å². The molecule has 1 aliphatic heterocycles. The molecule has 0 radical (unpaired) electrons. The van der Waals surface area contributed by atoms with Gasteiger partial charge in [-0.3, -0.25) is 0 Å². The van der Waals surface area contributed by atoms with Gasteiger partial charge in [0.25, 0.3) is 0 Å². The van der Waals surface area contributed by atoms with Crippen molar-refractivity contribution in [1.82, 2.24) is 4.31 Å². The van der Waals surface area contributed by atoms with Gasteiger partial charge in [0.2, 0.25) is 10.0 Å². The fourth-order valence-electron chi connectivity index (χ4n) is 2.44. The monoisotopic (exact) mass is 249 g/mol. The second kappa shape index (κ2) is 4.27. The zero-order chi connectivity index (χ0) is 12.6. The number of sulfonamides is 1. The summed E-state index contributed by atoms with van der Waals surface area (Å²) in [7, 11) is -1.33. The standard InChI is InChI=1S/C11H23NO3S/c1-10(2,3)11(15-4)6-8-12(9-7-11)16(5,13)14/h6-9H2,1-5H3. The zero-order valence-electron chi connectivity index (χ0n) is 10.9. The van der Waals surface area contributed by atoms with Crippen LogP contribution in [0.25, 0.3) is 0 Å². The quantitative estimate of drug-likeness (QED) is 0.744. The number of rotatable bonds is 2. The predicted octanol–water partition coefficient (Wildman–Crippen LogP) is 1.47. The van der Waals surface area contributed by atoms with Gasteiger partial charge in [0.05, 0.1) is 11.9 Å². The van der Waals surface area contributed by atoms with Crippen LogP contribution in [0.15, 0.2) is 0 Å². The summed E-state index contributed by atoms with van der Waals surface area (Å²) in [6.45, 7) is 7.56. The van der Waals surface area contributed by atoms with E-state index in [9.17, 15) is 8.42 Å². The van der Waals surface area contributed by atoms with E-state index in [1.807, 2.05) is 0 Å². The lowest BCUT2D eigenvalue weighted by atomic mass is 9.71. The minimum absolute atomic E-state index is 0.0331. The first-order valence-electron chi connectivity index (χ1n) is 5.63. The first-order valence-corrected chi connectivity index (χ1v) is 7.47. The fraction of sp³-hybridized carbons (Fsp3) is 1.00. The number of hydrogen-bond donors (Lipinski definition) is 0. The molecule has 0 aromatic rings. The summed E-state index contributed by atoms with van der Waals surface area (Å²) in [5, 5.41) is 0. The minimum atomic E-state index is -3.05. The molecule has 1 aliphatic rings. The summed E-state index contributed by atoms with van der Waals surface area (Å²) in [5.41, 5.74) is -0.167. The molecular weight excluding hydrogens is 226 g/mol. The van der Waals surface area contributed by atoms with E-state index >= 15 is 0 Å². The van der Waals surface area contributed by atoms with Crippen LogP contribution in [-0.4, -0.2) is 44.8 Å². The van der Waals surface area contributed by atoms with Gasteiger partial charge >= 0.3 is 0 Å². The lowest BCUT2D eigenvalue weighted by Gasteiger charge is -2.48. The van der Waals surface area contributed by atoms with Gasteiger partial charge in [-0.1, -0.05) is 20.8 Å². The van der Waals surface area contributed by atoms with Crippen molar-refractivity contribution in [3.63, 3.8) is 0 Å². The molecule has 5 heteroatoms. The molecule has 0 spiro atoms. The Morgan fingerprint density at radius 1 is 1.19 bits per heavy atom. The lowest BCUT2D eigenvalue weighted by Crippen LogP contribution is -2.53. The van der Waals surface area contributed by atoms with Crippen LogP contribution >= 0.6 is 0 Å². The highest BCUT2D eigenvalue weighted by atomic mass is 32.2. The fourth-order valence-corrected chi connectivity index (χ4v) is 3.29. The molecule has 0 bridgehead atoms. The predicted molar refractivity (Wildman–Crippen MR) is 64.8 cm³/mol. The number of piperidine rings is 1. The molecule has 16 heavy (non-hydrogen) atoms. The van der Waals surface area contributed by atoms with Crippen LogP contribution in [0.2, 0.25) is 0 Å². The molecule has 0 aliphatic carbocycles. The third-order valence-electron chi connectivity index (χ3n) is 3.76. The topological polar surface area (TPSA) is 46.6 Å². The van der Waals surface area contributed by atoms with Gasteiger partial charge in [-0.15, -0.1) is 0 Å². The Hall–Kier alpha value is -0.130. The van der Waals surface area contributed by atoms with Crippen LogP contribution in [0, 0.1) is 5.41 Å². The van der Waals surface area contributed by atoms with E-state index in [0.29, 0.717) is 13.1 Å².